The van der Waals surface area contributed by atoms with Gasteiger partial charge in [0.25, 0.3) is 0 Å². The number of aryl methyl sites for hydroxylation is 1. The number of hydrogen-bond acceptors (Lipinski definition) is 4. The van der Waals surface area contributed by atoms with E-state index in [1.807, 2.05) is 6.07 Å². The Kier molecular flexibility index (Phi) is 4.85. The van der Waals surface area contributed by atoms with Crippen LogP contribution in [0.5, 0.6) is 0 Å². The van der Waals surface area contributed by atoms with E-state index in [1.54, 1.807) is 19.1 Å². The first kappa shape index (κ1) is 14.5. The first-order chi connectivity index (χ1) is 8.99. The summed E-state index contributed by atoms with van der Waals surface area (Å²) in [4.78, 5) is 22.2. The fraction of sp³-hybridized carbons (Fsp3) is 0.250. The van der Waals surface area contributed by atoms with Crippen molar-refractivity contribution < 1.29 is 19.8 Å². The molecule has 0 fully saturated rings. The fourth-order valence-electron chi connectivity index (χ4n) is 1.42. The molecule has 0 saturated carbocycles. The molecule has 7 nitrogen and oxygen atoms in total. The first-order valence-electron chi connectivity index (χ1n) is 5.40. The van der Waals surface area contributed by atoms with E-state index in [9.17, 15) is 9.59 Å². The van der Waals surface area contributed by atoms with Crippen molar-refractivity contribution in [2.45, 2.75) is 13.0 Å². The third kappa shape index (κ3) is 3.69. The molecule has 4 N–H and O–H groups in total. The molecule has 19 heavy (non-hydrogen) atoms. The molecule has 0 aromatic heterocycles. The lowest BCUT2D eigenvalue weighted by Crippen LogP contribution is -2.45. The maximum Gasteiger partial charge on any atom is 0.328 e. The topological polar surface area (TPSA) is 122 Å². The molecule has 0 radical (unpaired) electrons. The monoisotopic (exact) mass is 263 g/mol. The number of carboxylic acid groups (broad SMARTS) is 1. The van der Waals surface area contributed by atoms with E-state index in [1.165, 1.54) is 6.07 Å². The van der Waals surface area contributed by atoms with Crippen LogP contribution in [0.3, 0.4) is 0 Å². The minimum Gasteiger partial charge on any atom is -0.480 e. The molecule has 0 heterocycles. The van der Waals surface area contributed by atoms with Crippen LogP contribution in [-0.4, -0.2) is 34.9 Å². The number of aliphatic carboxylic acids is 1. The van der Waals surface area contributed by atoms with Crippen molar-refractivity contribution in [1.29, 1.82) is 5.26 Å². The van der Waals surface area contributed by atoms with Crippen molar-refractivity contribution >= 4 is 17.7 Å². The van der Waals surface area contributed by atoms with E-state index < -0.39 is 24.6 Å². The maximum atomic E-state index is 11.6. The number of rotatable bonds is 4. The Hall–Kier alpha value is -2.59. The summed E-state index contributed by atoms with van der Waals surface area (Å²) in [6.45, 7) is 0.997. The normalized spacial score (nSPS) is 11.2. The van der Waals surface area contributed by atoms with E-state index in [4.69, 9.17) is 15.5 Å². The van der Waals surface area contributed by atoms with Crippen LogP contribution >= 0.6 is 0 Å². The summed E-state index contributed by atoms with van der Waals surface area (Å²) in [5, 5.41) is 30.9. The lowest BCUT2D eigenvalue weighted by Gasteiger charge is -2.13. The average molecular weight is 263 g/mol. The van der Waals surface area contributed by atoms with Gasteiger partial charge in [-0.15, -0.1) is 0 Å². The summed E-state index contributed by atoms with van der Waals surface area (Å²) < 4.78 is 0. The standard InChI is InChI=1S/C12H13N3O4/c1-7-3-2-4-9(8(7)5-13)14-12(19)15-10(6-16)11(17)18/h2-4,10,16H,6H2,1H3,(H,17,18)(H2,14,15,19)/t10-/m0/s1. The number of carbonyl (C=O) groups excluding carboxylic acids is 1. The van der Waals surface area contributed by atoms with E-state index in [-0.39, 0.29) is 5.69 Å². The van der Waals surface area contributed by atoms with Crippen molar-refractivity contribution in [3.05, 3.63) is 29.3 Å². The number of aliphatic hydroxyl groups is 1. The highest BCUT2D eigenvalue weighted by Gasteiger charge is 2.19. The zero-order valence-corrected chi connectivity index (χ0v) is 10.2. The molecule has 2 amide bonds. The zero-order chi connectivity index (χ0) is 14.4. The summed E-state index contributed by atoms with van der Waals surface area (Å²) in [6.07, 6.45) is 0. The molecule has 0 saturated heterocycles. The van der Waals surface area contributed by atoms with Crippen molar-refractivity contribution in [2.75, 3.05) is 11.9 Å². The van der Waals surface area contributed by atoms with Gasteiger partial charge in [-0.1, -0.05) is 12.1 Å². The third-order valence-corrected chi connectivity index (χ3v) is 2.42. The Balaban J connectivity index is 2.81. The highest BCUT2D eigenvalue weighted by Crippen LogP contribution is 2.17. The van der Waals surface area contributed by atoms with Crippen molar-refractivity contribution in [1.82, 2.24) is 5.32 Å². The van der Waals surface area contributed by atoms with E-state index in [0.29, 0.717) is 11.1 Å². The highest BCUT2D eigenvalue weighted by molar-refractivity contribution is 5.93. The Bertz CT molecular complexity index is 536. The lowest BCUT2D eigenvalue weighted by atomic mass is 10.1. The van der Waals surface area contributed by atoms with Crippen molar-refractivity contribution in [2.24, 2.45) is 0 Å². The Labute approximate surface area is 109 Å². The predicted octanol–water partition coefficient (Wildman–Crippen LogP) is 0.434. The first-order valence-corrected chi connectivity index (χ1v) is 5.40. The number of nitrogens with zero attached hydrogens (tertiary/aromatic N) is 1. The van der Waals surface area contributed by atoms with Gasteiger partial charge in [-0.3, -0.25) is 0 Å². The molecule has 0 bridgehead atoms. The van der Waals surface area contributed by atoms with Crippen LogP contribution in [0.1, 0.15) is 11.1 Å². The molecule has 1 aromatic rings. The fourth-order valence-corrected chi connectivity index (χ4v) is 1.42. The van der Waals surface area contributed by atoms with Gasteiger partial charge in [0.15, 0.2) is 6.04 Å². The SMILES string of the molecule is Cc1cccc(NC(=O)N[C@@H](CO)C(=O)O)c1C#N. The number of benzene rings is 1. The zero-order valence-electron chi connectivity index (χ0n) is 10.2. The van der Waals surface area contributed by atoms with Gasteiger partial charge >= 0.3 is 12.0 Å². The number of nitriles is 1. The number of carboxylic acids is 1. The second-order valence-electron chi connectivity index (χ2n) is 3.78. The second kappa shape index (κ2) is 6.37. The number of amides is 2. The van der Waals surface area contributed by atoms with Crippen LogP contribution in [-0.2, 0) is 4.79 Å². The van der Waals surface area contributed by atoms with Crippen LogP contribution in [0.2, 0.25) is 0 Å². The van der Waals surface area contributed by atoms with Gasteiger partial charge in [-0.25, -0.2) is 9.59 Å². The number of aliphatic hydroxyl groups excluding tert-OH is 1. The largest absolute Gasteiger partial charge is 0.480 e. The number of hydrogen-bond donors (Lipinski definition) is 4. The molecule has 0 spiro atoms. The summed E-state index contributed by atoms with van der Waals surface area (Å²) >= 11 is 0. The summed E-state index contributed by atoms with van der Waals surface area (Å²) in [5.74, 6) is -1.35. The minimum absolute atomic E-state index is 0.280. The highest BCUT2D eigenvalue weighted by atomic mass is 16.4. The molecular formula is C12H13N3O4. The molecule has 0 aliphatic rings. The van der Waals surface area contributed by atoms with E-state index >= 15 is 0 Å². The van der Waals surface area contributed by atoms with Crippen LogP contribution in [0, 0.1) is 18.3 Å². The molecule has 1 aromatic carbocycles. The van der Waals surface area contributed by atoms with Gasteiger partial charge in [0.05, 0.1) is 17.9 Å². The van der Waals surface area contributed by atoms with Crippen LogP contribution in [0.15, 0.2) is 18.2 Å². The second-order valence-corrected chi connectivity index (χ2v) is 3.78. The lowest BCUT2D eigenvalue weighted by molar-refractivity contribution is -0.140. The van der Waals surface area contributed by atoms with E-state index in [0.717, 1.165) is 0 Å². The molecular weight excluding hydrogens is 250 g/mol. The average Bonchev–Trinajstić information content (AvgIpc) is 2.36. The molecule has 7 heteroatoms. The van der Waals surface area contributed by atoms with Gasteiger partial charge in [0.2, 0.25) is 0 Å². The number of urea groups is 1. The van der Waals surface area contributed by atoms with Crippen LogP contribution < -0.4 is 10.6 Å². The quantitative estimate of drug-likeness (QED) is 0.627. The number of carbonyl (C=O) groups is 2. The van der Waals surface area contributed by atoms with Gasteiger partial charge in [-0.05, 0) is 18.6 Å². The van der Waals surface area contributed by atoms with Crippen molar-refractivity contribution in [3.8, 4) is 6.07 Å². The van der Waals surface area contributed by atoms with Gasteiger partial charge < -0.3 is 20.8 Å². The number of anilines is 1. The summed E-state index contributed by atoms with van der Waals surface area (Å²) in [6, 6.07) is 4.66. The molecule has 100 valence electrons. The Morgan fingerprint density at radius 3 is 2.68 bits per heavy atom. The van der Waals surface area contributed by atoms with Gasteiger partial charge in [-0.2, -0.15) is 5.26 Å². The summed E-state index contributed by atoms with van der Waals surface area (Å²) in [7, 11) is 0. The smallest absolute Gasteiger partial charge is 0.328 e. The third-order valence-electron chi connectivity index (χ3n) is 2.42. The molecule has 0 aliphatic heterocycles. The molecule has 0 unspecified atom stereocenters. The van der Waals surface area contributed by atoms with Crippen LogP contribution in [0.25, 0.3) is 0 Å². The summed E-state index contributed by atoms with van der Waals surface area (Å²) in [5.41, 5.74) is 1.27. The maximum absolute atomic E-state index is 11.6. The Morgan fingerprint density at radius 1 is 1.47 bits per heavy atom. The van der Waals surface area contributed by atoms with E-state index in [2.05, 4.69) is 10.6 Å². The van der Waals surface area contributed by atoms with Gasteiger partial charge in [0, 0.05) is 0 Å². The molecule has 1 atom stereocenters. The van der Waals surface area contributed by atoms with Gasteiger partial charge in [0.1, 0.15) is 6.07 Å². The molecule has 0 aliphatic carbocycles. The minimum atomic E-state index is -1.39. The predicted molar refractivity (Wildman–Crippen MR) is 66.6 cm³/mol. The Morgan fingerprint density at radius 2 is 2.16 bits per heavy atom. The molecule has 1 rings (SSSR count). The van der Waals surface area contributed by atoms with Crippen molar-refractivity contribution in [3.63, 3.8) is 0 Å². The van der Waals surface area contributed by atoms with Crippen LogP contribution in [0.4, 0.5) is 10.5 Å². The number of nitrogens with one attached hydrogen (secondary N) is 2.